The molecule has 0 radical (unpaired) electrons. The fourth-order valence-corrected chi connectivity index (χ4v) is 2.50. The Morgan fingerprint density at radius 2 is 1.95 bits per heavy atom. The number of nitrogens with zero attached hydrogens (tertiary/aromatic N) is 1. The third-order valence-electron chi connectivity index (χ3n) is 3.54. The van der Waals surface area contributed by atoms with Gasteiger partial charge in [-0.3, -0.25) is 4.98 Å². The van der Waals surface area contributed by atoms with E-state index in [1.54, 1.807) is 25.4 Å². The van der Waals surface area contributed by atoms with Gasteiger partial charge in [0.15, 0.2) is 0 Å². The summed E-state index contributed by atoms with van der Waals surface area (Å²) in [6.07, 6.45) is 2.70. The molecule has 0 saturated carbocycles. The highest BCUT2D eigenvalue weighted by atomic mass is 19.1. The monoisotopic (exact) mass is 267 g/mol. The van der Waals surface area contributed by atoms with Crippen LogP contribution in [0, 0.1) is 12.7 Å². The summed E-state index contributed by atoms with van der Waals surface area (Å²) in [6.45, 7) is 1.80. The van der Waals surface area contributed by atoms with Crippen molar-refractivity contribution in [3.63, 3.8) is 0 Å². The number of halogens is 1. The first-order valence-electron chi connectivity index (χ1n) is 6.43. The molecular formula is C17H14FNO. The SMILES string of the molecule is Cc1cc(F)ccc1C(O)c1cccc2cnccc12. The Bertz CT molecular complexity index is 765. The van der Waals surface area contributed by atoms with Crippen LogP contribution in [0.1, 0.15) is 22.8 Å². The second kappa shape index (κ2) is 5.02. The van der Waals surface area contributed by atoms with E-state index in [1.165, 1.54) is 12.1 Å². The molecule has 1 N–H and O–H groups in total. The van der Waals surface area contributed by atoms with Crippen molar-refractivity contribution >= 4 is 10.8 Å². The molecule has 3 aromatic rings. The van der Waals surface area contributed by atoms with Gasteiger partial charge in [0.05, 0.1) is 0 Å². The quantitative estimate of drug-likeness (QED) is 0.766. The van der Waals surface area contributed by atoms with Crippen molar-refractivity contribution in [1.82, 2.24) is 4.98 Å². The van der Waals surface area contributed by atoms with Crippen molar-refractivity contribution in [1.29, 1.82) is 0 Å². The Morgan fingerprint density at radius 3 is 2.75 bits per heavy atom. The standard InChI is InChI=1S/C17H14FNO/c1-11-9-13(18)5-6-14(11)17(20)16-4-2-3-12-10-19-8-7-15(12)16/h2-10,17,20H,1H3. The van der Waals surface area contributed by atoms with Crippen LogP contribution in [0.2, 0.25) is 0 Å². The minimum absolute atomic E-state index is 0.291. The molecule has 3 rings (SSSR count). The van der Waals surface area contributed by atoms with Crippen molar-refractivity contribution in [3.05, 3.63) is 77.4 Å². The second-order valence-electron chi connectivity index (χ2n) is 4.85. The number of rotatable bonds is 2. The number of fused-ring (bicyclic) bond motifs is 1. The van der Waals surface area contributed by atoms with Gasteiger partial charge in [-0.2, -0.15) is 0 Å². The van der Waals surface area contributed by atoms with Gasteiger partial charge in [0.1, 0.15) is 11.9 Å². The van der Waals surface area contributed by atoms with E-state index in [1.807, 2.05) is 24.3 Å². The number of aryl methyl sites for hydroxylation is 1. The number of aliphatic hydroxyl groups is 1. The molecule has 0 amide bonds. The first-order chi connectivity index (χ1) is 9.66. The lowest BCUT2D eigenvalue weighted by Gasteiger charge is -2.16. The van der Waals surface area contributed by atoms with Crippen molar-refractivity contribution in [3.8, 4) is 0 Å². The summed E-state index contributed by atoms with van der Waals surface area (Å²) >= 11 is 0. The highest BCUT2D eigenvalue weighted by Gasteiger charge is 2.15. The Hall–Kier alpha value is -2.26. The fourth-order valence-electron chi connectivity index (χ4n) is 2.50. The minimum atomic E-state index is -0.776. The average Bonchev–Trinajstić information content (AvgIpc) is 2.46. The lowest BCUT2D eigenvalue weighted by Crippen LogP contribution is -2.03. The summed E-state index contributed by atoms with van der Waals surface area (Å²) in [5.74, 6) is -0.291. The molecule has 1 atom stereocenters. The summed E-state index contributed by atoms with van der Waals surface area (Å²) in [6, 6.07) is 12.1. The molecule has 20 heavy (non-hydrogen) atoms. The summed E-state index contributed by atoms with van der Waals surface area (Å²) < 4.78 is 13.2. The Kier molecular flexibility index (Phi) is 3.20. The van der Waals surface area contributed by atoms with Crippen LogP contribution in [0.5, 0.6) is 0 Å². The number of hydrogen-bond donors (Lipinski definition) is 1. The van der Waals surface area contributed by atoms with E-state index in [0.29, 0.717) is 0 Å². The molecule has 3 heteroatoms. The molecule has 0 saturated heterocycles. The van der Waals surface area contributed by atoms with Crippen LogP contribution in [0.25, 0.3) is 10.8 Å². The van der Waals surface area contributed by atoms with E-state index in [-0.39, 0.29) is 5.82 Å². The molecule has 2 nitrogen and oxygen atoms in total. The van der Waals surface area contributed by atoms with Crippen LogP contribution in [0.15, 0.2) is 54.9 Å². The van der Waals surface area contributed by atoms with Gasteiger partial charge in [0, 0.05) is 17.8 Å². The van der Waals surface area contributed by atoms with E-state index < -0.39 is 6.10 Å². The smallest absolute Gasteiger partial charge is 0.123 e. The number of benzene rings is 2. The van der Waals surface area contributed by atoms with Crippen LogP contribution in [0.4, 0.5) is 4.39 Å². The molecule has 1 heterocycles. The first kappa shape index (κ1) is 12.8. The highest BCUT2D eigenvalue weighted by Crippen LogP contribution is 2.30. The van der Waals surface area contributed by atoms with Gasteiger partial charge in [-0.1, -0.05) is 24.3 Å². The van der Waals surface area contributed by atoms with Gasteiger partial charge >= 0.3 is 0 Å². The topological polar surface area (TPSA) is 33.1 Å². The Labute approximate surface area is 116 Å². The predicted octanol–water partition coefficient (Wildman–Crippen LogP) is 3.76. The molecule has 1 aromatic heterocycles. The molecule has 0 aliphatic rings. The highest BCUT2D eigenvalue weighted by molar-refractivity contribution is 5.85. The van der Waals surface area contributed by atoms with Gasteiger partial charge in [-0.25, -0.2) is 4.39 Å². The number of pyridine rings is 1. The first-order valence-corrected chi connectivity index (χ1v) is 6.43. The lowest BCUT2D eigenvalue weighted by molar-refractivity contribution is 0.221. The largest absolute Gasteiger partial charge is 0.384 e. The number of aromatic nitrogens is 1. The van der Waals surface area contributed by atoms with Crippen LogP contribution in [-0.2, 0) is 0 Å². The fraction of sp³-hybridized carbons (Fsp3) is 0.118. The summed E-state index contributed by atoms with van der Waals surface area (Å²) in [5.41, 5.74) is 2.26. The zero-order valence-corrected chi connectivity index (χ0v) is 11.0. The van der Waals surface area contributed by atoms with Crippen LogP contribution < -0.4 is 0 Å². The molecule has 0 aliphatic carbocycles. The maximum absolute atomic E-state index is 13.2. The lowest BCUT2D eigenvalue weighted by atomic mass is 9.94. The Balaban J connectivity index is 2.15. The van der Waals surface area contributed by atoms with E-state index in [0.717, 1.165) is 27.5 Å². The predicted molar refractivity (Wildman–Crippen MR) is 76.9 cm³/mol. The van der Waals surface area contributed by atoms with Gasteiger partial charge < -0.3 is 5.11 Å². The van der Waals surface area contributed by atoms with Gasteiger partial charge in [-0.05, 0) is 47.2 Å². The Morgan fingerprint density at radius 1 is 1.10 bits per heavy atom. The van der Waals surface area contributed by atoms with Gasteiger partial charge in [0.25, 0.3) is 0 Å². The number of hydrogen-bond acceptors (Lipinski definition) is 2. The normalized spacial score (nSPS) is 12.6. The summed E-state index contributed by atoms with van der Waals surface area (Å²) in [4.78, 5) is 4.08. The molecule has 0 spiro atoms. The summed E-state index contributed by atoms with van der Waals surface area (Å²) in [7, 11) is 0. The van der Waals surface area contributed by atoms with Crippen molar-refractivity contribution < 1.29 is 9.50 Å². The molecule has 0 aliphatic heterocycles. The maximum atomic E-state index is 13.2. The van der Waals surface area contributed by atoms with Crippen LogP contribution in [0.3, 0.4) is 0 Å². The van der Waals surface area contributed by atoms with Crippen molar-refractivity contribution in [2.45, 2.75) is 13.0 Å². The third kappa shape index (κ3) is 2.17. The van der Waals surface area contributed by atoms with Crippen LogP contribution >= 0.6 is 0 Å². The van der Waals surface area contributed by atoms with E-state index in [4.69, 9.17) is 0 Å². The number of aliphatic hydroxyl groups excluding tert-OH is 1. The molecule has 0 fully saturated rings. The van der Waals surface area contributed by atoms with Crippen LogP contribution in [-0.4, -0.2) is 10.1 Å². The zero-order chi connectivity index (χ0) is 14.1. The van der Waals surface area contributed by atoms with Crippen molar-refractivity contribution in [2.75, 3.05) is 0 Å². The third-order valence-corrected chi connectivity index (χ3v) is 3.54. The van der Waals surface area contributed by atoms with Gasteiger partial charge in [-0.15, -0.1) is 0 Å². The molecule has 0 bridgehead atoms. The summed E-state index contributed by atoms with van der Waals surface area (Å²) in [5, 5.41) is 12.6. The molecule has 2 aromatic carbocycles. The van der Waals surface area contributed by atoms with E-state index in [2.05, 4.69) is 4.98 Å². The van der Waals surface area contributed by atoms with E-state index >= 15 is 0 Å². The zero-order valence-electron chi connectivity index (χ0n) is 11.0. The maximum Gasteiger partial charge on any atom is 0.123 e. The molecule has 1 unspecified atom stereocenters. The van der Waals surface area contributed by atoms with Crippen molar-refractivity contribution in [2.24, 2.45) is 0 Å². The molecular weight excluding hydrogens is 253 g/mol. The average molecular weight is 267 g/mol. The molecule has 100 valence electrons. The van der Waals surface area contributed by atoms with E-state index in [9.17, 15) is 9.50 Å². The van der Waals surface area contributed by atoms with Gasteiger partial charge in [0.2, 0.25) is 0 Å². The second-order valence-corrected chi connectivity index (χ2v) is 4.85. The minimum Gasteiger partial charge on any atom is -0.384 e.